The molecule has 0 bridgehead atoms. The van der Waals surface area contributed by atoms with Crippen molar-refractivity contribution in [3.05, 3.63) is 29.8 Å². The summed E-state index contributed by atoms with van der Waals surface area (Å²) in [6.45, 7) is 4.27. The molecule has 96 valence electrons. The smallest absolute Gasteiger partial charge is 0.129 e. The minimum Gasteiger partial charge on any atom is -0.491 e. The molecule has 1 unspecified atom stereocenters. The predicted octanol–water partition coefficient (Wildman–Crippen LogP) is 1.70. The largest absolute Gasteiger partial charge is 0.491 e. The molecule has 0 saturated heterocycles. The van der Waals surface area contributed by atoms with E-state index in [9.17, 15) is 13.9 Å². The molecule has 17 heavy (non-hydrogen) atoms. The summed E-state index contributed by atoms with van der Waals surface area (Å²) in [6, 6.07) is 3.18. The van der Waals surface area contributed by atoms with Crippen LogP contribution in [0.4, 0.5) is 8.78 Å². The molecule has 0 heterocycles. The van der Waals surface area contributed by atoms with Crippen molar-refractivity contribution in [2.24, 2.45) is 0 Å². The van der Waals surface area contributed by atoms with Crippen LogP contribution in [0.2, 0.25) is 0 Å². The van der Waals surface area contributed by atoms with Gasteiger partial charge in [0.05, 0.1) is 0 Å². The van der Waals surface area contributed by atoms with E-state index in [4.69, 9.17) is 4.74 Å². The van der Waals surface area contributed by atoms with E-state index in [2.05, 4.69) is 5.32 Å². The van der Waals surface area contributed by atoms with Crippen LogP contribution in [0.5, 0.6) is 5.75 Å². The van der Waals surface area contributed by atoms with Crippen molar-refractivity contribution in [3.8, 4) is 5.75 Å². The minimum absolute atomic E-state index is 0.0113. The van der Waals surface area contributed by atoms with Crippen molar-refractivity contribution in [1.82, 2.24) is 5.32 Å². The molecule has 0 saturated carbocycles. The van der Waals surface area contributed by atoms with Crippen LogP contribution in [0.3, 0.4) is 0 Å². The lowest BCUT2D eigenvalue weighted by molar-refractivity contribution is 0.104. The molecule has 5 heteroatoms. The molecule has 0 spiro atoms. The first kappa shape index (κ1) is 13.9. The molecule has 1 atom stereocenters. The fourth-order valence-corrected chi connectivity index (χ4v) is 1.23. The number of aliphatic hydroxyl groups excluding tert-OH is 1. The van der Waals surface area contributed by atoms with Gasteiger partial charge in [-0.2, -0.15) is 0 Å². The van der Waals surface area contributed by atoms with Gasteiger partial charge >= 0.3 is 0 Å². The molecule has 2 N–H and O–H groups in total. The summed E-state index contributed by atoms with van der Waals surface area (Å²) in [4.78, 5) is 0. The average molecular weight is 245 g/mol. The second kappa shape index (κ2) is 6.51. The van der Waals surface area contributed by atoms with Gasteiger partial charge in [0.2, 0.25) is 0 Å². The molecule has 0 aliphatic rings. The molecule has 1 rings (SSSR count). The summed E-state index contributed by atoms with van der Waals surface area (Å²) in [5.74, 6) is -1.32. The molecule has 0 fully saturated rings. The summed E-state index contributed by atoms with van der Waals surface area (Å²) >= 11 is 0. The van der Waals surface area contributed by atoms with Gasteiger partial charge in [0, 0.05) is 30.8 Å². The Balaban J connectivity index is 2.39. The molecule has 0 radical (unpaired) electrons. The van der Waals surface area contributed by atoms with E-state index in [0.717, 1.165) is 18.2 Å². The van der Waals surface area contributed by atoms with Crippen molar-refractivity contribution in [3.63, 3.8) is 0 Å². The lowest BCUT2D eigenvalue weighted by Crippen LogP contribution is -2.35. The van der Waals surface area contributed by atoms with Gasteiger partial charge in [0.25, 0.3) is 0 Å². The number of aliphatic hydroxyl groups is 1. The predicted molar refractivity (Wildman–Crippen MR) is 61.0 cm³/mol. The lowest BCUT2D eigenvalue weighted by atomic mass is 10.3. The van der Waals surface area contributed by atoms with Crippen LogP contribution in [0.25, 0.3) is 0 Å². The van der Waals surface area contributed by atoms with Gasteiger partial charge in [-0.1, -0.05) is 13.8 Å². The van der Waals surface area contributed by atoms with E-state index in [0.29, 0.717) is 6.54 Å². The van der Waals surface area contributed by atoms with Gasteiger partial charge in [-0.05, 0) is 0 Å². The van der Waals surface area contributed by atoms with Gasteiger partial charge < -0.3 is 15.2 Å². The Morgan fingerprint density at radius 2 is 1.82 bits per heavy atom. The monoisotopic (exact) mass is 245 g/mol. The van der Waals surface area contributed by atoms with E-state index in [1.54, 1.807) is 0 Å². The Bertz CT molecular complexity index is 338. The molecule has 1 aromatic carbocycles. The molecular weight excluding hydrogens is 228 g/mol. The second-order valence-electron chi connectivity index (χ2n) is 4.13. The highest BCUT2D eigenvalue weighted by atomic mass is 19.1. The van der Waals surface area contributed by atoms with Gasteiger partial charge in [-0.25, -0.2) is 8.78 Å². The second-order valence-corrected chi connectivity index (χ2v) is 4.13. The molecular formula is C12H17F2NO2. The first-order valence-electron chi connectivity index (χ1n) is 5.47. The third-order valence-corrected chi connectivity index (χ3v) is 2.04. The summed E-state index contributed by atoms with van der Waals surface area (Å²) in [5.41, 5.74) is 0. The molecule has 0 aromatic heterocycles. The van der Waals surface area contributed by atoms with Crippen LogP contribution in [-0.2, 0) is 0 Å². The fraction of sp³-hybridized carbons (Fsp3) is 0.500. The zero-order chi connectivity index (χ0) is 12.8. The van der Waals surface area contributed by atoms with E-state index < -0.39 is 17.7 Å². The quantitative estimate of drug-likeness (QED) is 0.801. The Hall–Kier alpha value is -1.20. The van der Waals surface area contributed by atoms with Crippen molar-refractivity contribution in [2.75, 3.05) is 13.2 Å². The van der Waals surface area contributed by atoms with Crippen LogP contribution in [0.15, 0.2) is 18.2 Å². The standard InChI is InChI=1S/C12H17F2NO2/c1-8(2)15-6-11(16)7-17-12-4-9(13)3-10(14)5-12/h3-5,8,11,15-16H,6-7H2,1-2H3. The first-order valence-corrected chi connectivity index (χ1v) is 5.47. The number of hydrogen-bond donors (Lipinski definition) is 2. The third-order valence-electron chi connectivity index (χ3n) is 2.04. The lowest BCUT2D eigenvalue weighted by Gasteiger charge is -2.15. The van der Waals surface area contributed by atoms with Crippen LogP contribution >= 0.6 is 0 Å². The topological polar surface area (TPSA) is 41.5 Å². The Morgan fingerprint density at radius 3 is 2.35 bits per heavy atom. The van der Waals surface area contributed by atoms with Crippen molar-refractivity contribution in [1.29, 1.82) is 0 Å². The molecule has 0 amide bonds. The maximum Gasteiger partial charge on any atom is 0.129 e. The molecule has 1 aromatic rings. The van der Waals surface area contributed by atoms with Crippen LogP contribution in [0.1, 0.15) is 13.8 Å². The van der Waals surface area contributed by atoms with Gasteiger partial charge in [0.1, 0.15) is 30.1 Å². The van der Waals surface area contributed by atoms with Gasteiger partial charge in [-0.3, -0.25) is 0 Å². The highest BCUT2D eigenvalue weighted by Gasteiger charge is 2.07. The fourth-order valence-electron chi connectivity index (χ4n) is 1.23. The average Bonchev–Trinajstić information content (AvgIpc) is 2.22. The van der Waals surface area contributed by atoms with E-state index in [-0.39, 0.29) is 18.4 Å². The number of benzene rings is 1. The highest BCUT2D eigenvalue weighted by molar-refractivity contribution is 5.23. The van der Waals surface area contributed by atoms with E-state index in [1.807, 2.05) is 13.8 Å². The Kier molecular flexibility index (Phi) is 5.31. The summed E-state index contributed by atoms with van der Waals surface area (Å²) in [5, 5.41) is 12.5. The van der Waals surface area contributed by atoms with Crippen molar-refractivity contribution < 1.29 is 18.6 Å². The van der Waals surface area contributed by atoms with Gasteiger partial charge in [-0.15, -0.1) is 0 Å². The minimum atomic E-state index is -0.719. The zero-order valence-corrected chi connectivity index (χ0v) is 9.91. The Morgan fingerprint density at radius 1 is 1.24 bits per heavy atom. The SMILES string of the molecule is CC(C)NCC(O)COc1cc(F)cc(F)c1. The summed E-state index contributed by atoms with van der Waals surface area (Å²) in [6.07, 6.45) is -0.719. The zero-order valence-electron chi connectivity index (χ0n) is 9.91. The molecule has 0 aliphatic heterocycles. The third kappa shape index (κ3) is 5.60. The number of rotatable bonds is 6. The number of halogens is 2. The Labute approximate surface area is 99.4 Å². The van der Waals surface area contributed by atoms with Crippen molar-refractivity contribution in [2.45, 2.75) is 26.0 Å². The maximum atomic E-state index is 12.8. The number of ether oxygens (including phenoxy) is 1. The number of hydrogen-bond acceptors (Lipinski definition) is 3. The van der Waals surface area contributed by atoms with Crippen LogP contribution in [-0.4, -0.2) is 30.4 Å². The summed E-state index contributed by atoms with van der Waals surface area (Å²) < 4.78 is 30.7. The molecule has 3 nitrogen and oxygen atoms in total. The van der Waals surface area contributed by atoms with Gasteiger partial charge in [0.15, 0.2) is 0 Å². The maximum absolute atomic E-state index is 12.8. The first-order chi connectivity index (χ1) is 7.97. The highest BCUT2D eigenvalue weighted by Crippen LogP contribution is 2.15. The number of nitrogens with one attached hydrogen (secondary N) is 1. The summed E-state index contributed by atoms with van der Waals surface area (Å²) in [7, 11) is 0. The van der Waals surface area contributed by atoms with E-state index in [1.165, 1.54) is 0 Å². The van der Waals surface area contributed by atoms with Crippen LogP contribution in [0, 0.1) is 11.6 Å². The molecule has 0 aliphatic carbocycles. The van der Waals surface area contributed by atoms with Crippen molar-refractivity contribution >= 4 is 0 Å². The van der Waals surface area contributed by atoms with E-state index >= 15 is 0 Å². The van der Waals surface area contributed by atoms with Crippen LogP contribution < -0.4 is 10.1 Å². The normalized spacial score (nSPS) is 12.8.